The van der Waals surface area contributed by atoms with Crippen molar-refractivity contribution in [3.8, 4) is 5.75 Å². The van der Waals surface area contributed by atoms with Gasteiger partial charge in [-0.1, -0.05) is 48.7 Å². The van der Waals surface area contributed by atoms with Crippen LogP contribution in [-0.4, -0.2) is 12.7 Å². The first-order chi connectivity index (χ1) is 17.3. The second kappa shape index (κ2) is 11.7. The minimum absolute atomic E-state index is 0.0974. The van der Waals surface area contributed by atoms with Crippen molar-refractivity contribution in [1.82, 2.24) is 0 Å². The summed E-state index contributed by atoms with van der Waals surface area (Å²) >= 11 is 12.4. The van der Waals surface area contributed by atoms with Gasteiger partial charge in [-0.3, -0.25) is 0 Å². The third-order valence-electron chi connectivity index (χ3n) is 5.78. The highest BCUT2D eigenvalue weighted by molar-refractivity contribution is 6.48. The van der Waals surface area contributed by atoms with E-state index in [0.717, 1.165) is 12.1 Å². The van der Waals surface area contributed by atoms with Crippen LogP contribution < -0.4 is 4.74 Å². The predicted molar refractivity (Wildman–Crippen MR) is 128 cm³/mol. The van der Waals surface area contributed by atoms with Crippen molar-refractivity contribution in [2.24, 2.45) is 0 Å². The summed E-state index contributed by atoms with van der Waals surface area (Å²) in [6.07, 6.45) is -5.56. The number of allylic oxidation sites excluding steroid dienone is 1. The van der Waals surface area contributed by atoms with Gasteiger partial charge >= 0.3 is 12.2 Å². The molecule has 0 saturated carbocycles. The number of benzene rings is 2. The van der Waals surface area contributed by atoms with Crippen molar-refractivity contribution in [3.63, 3.8) is 0 Å². The first kappa shape index (κ1) is 29.5. The molecule has 0 N–H and O–H groups in total. The van der Waals surface area contributed by atoms with E-state index >= 15 is 0 Å². The standard InChI is InChI=1S/C26H26Cl2F6O3/c1-3-15-24(27,28)16-5-7-18(8-6-16)36-25(31,32)20-13-14-21(23(30)22(20)29)26(33,34)37-19-11-9-17(10-12-19)35-4-2/h5-8,11,13-14,17H,3-4,9-10,12,15H2,1-2H3. The number of hydrogen-bond donors (Lipinski definition) is 0. The predicted octanol–water partition coefficient (Wildman–Crippen LogP) is 9.06. The average Bonchev–Trinajstić information content (AvgIpc) is 2.82. The molecule has 0 aliphatic heterocycles. The van der Waals surface area contributed by atoms with Gasteiger partial charge in [0.15, 0.2) is 11.6 Å². The van der Waals surface area contributed by atoms with Crippen molar-refractivity contribution in [2.45, 2.75) is 68.6 Å². The molecule has 0 bridgehead atoms. The van der Waals surface area contributed by atoms with Gasteiger partial charge < -0.3 is 14.2 Å². The zero-order chi connectivity index (χ0) is 27.4. The Hall–Kier alpha value is -2.10. The first-order valence-electron chi connectivity index (χ1n) is 11.7. The number of hydrogen-bond acceptors (Lipinski definition) is 3. The lowest BCUT2D eigenvalue weighted by atomic mass is 10.0. The monoisotopic (exact) mass is 570 g/mol. The van der Waals surface area contributed by atoms with E-state index in [4.69, 9.17) is 27.9 Å². The van der Waals surface area contributed by atoms with Crippen LogP contribution in [0.1, 0.15) is 62.6 Å². The lowest BCUT2D eigenvalue weighted by Crippen LogP contribution is -2.27. The highest BCUT2D eigenvalue weighted by Crippen LogP contribution is 2.42. The zero-order valence-corrected chi connectivity index (χ0v) is 21.6. The van der Waals surface area contributed by atoms with Crippen LogP contribution in [0.15, 0.2) is 48.2 Å². The molecule has 0 fully saturated rings. The summed E-state index contributed by atoms with van der Waals surface area (Å²) in [5.41, 5.74) is -2.64. The fourth-order valence-electron chi connectivity index (χ4n) is 3.91. The number of rotatable bonds is 11. The van der Waals surface area contributed by atoms with Gasteiger partial charge in [-0.25, -0.2) is 8.78 Å². The Morgan fingerprint density at radius 2 is 1.43 bits per heavy atom. The van der Waals surface area contributed by atoms with Crippen LogP contribution >= 0.6 is 23.2 Å². The molecule has 204 valence electrons. The summed E-state index contributed by atoms with van der Waals surface area (Å²) in [5.74, 6) is -4.88. The van der Waals surface area contributed by atoms with E-state index in [1.54, 1.807) is 6.92 Å². The molecule has 0 saturated heterocycles. The van der Waals surface area contributed by atoms with E-state index in [-0.39, 0.29) is 18.3 Å². The second-order valence-electron chi connectivity index (χ2n) is 8.53. The molecule has 0 aromatic heterocycles. The third-order valence-corrected chi connectivity index (χ3v) is 6.59. The molecule has 2 aromatic rings. The van der Waals surface area contributed by atoms with Crippen LogP contribution in [0.5, 0.6) is 5.75 Å². The molecule has 1 unspecified atom stereocenters. The summed E-state index contributed by atoms with van der Waals surface area (Å²) in [5, 5.41) is 0. The van der Waals surface area contributed by atoms with Crippen LogP contribution in [0.25, 0.3) is 0 Å². The van der Waals surface area contributed by atoms with E-state index in [1.165, 1.54) is 18.2 Å². The molecule has 1 atom stereocenters. The Morgan fingerprint density at radius 1 is 0.865 bits per heavy atom. The maximum Gasteiger partial charge on any atom is 0.429 e. The minimum atomic E-state index is -4.39. The van der Waals surface area contributed by atoms with Crippen LogP contribution in [0.2, 0.25) is 0 Å². The Balaban J connectivity index is 1.78. The van der Waals surface area contributed by atoms with Crippen LogP contribution in [0.4, 0.5) is 26.3 Å². The molecule has 3 nitrogen and oxygen atoms in total. The summed E-state index contributed by atoms with van der Waals surface area (Å²) in [4.78, 5) is 0. The second-order valence-corrected chi connectivity index (χ2v) is 10.0. The molecule has 0 amide bonds. The lowest BCUT2D eigenvalue weighted by molar-refractivity contribution is -0.229. The summed E-state index contributed by atoms with van der Waals surface area (Å²) in [7, 11) is 0. The highest BCUT2D eigenvalue weighted by atomic mass is 35.5. The molecule has 2 aromatic carbocycles. The van der Waals surface area contributed by atoms with Gasteiger partial charge in [0.25, 0.3) is 0 Å². The van der Waals surface area contributed by atoms with Crippen molar-refractivity contribution in [2.75, 3.05) is 6.61 Å². The molecule has 0 heterocycles. The van der Waals surface area contributed by atoms with Crippen molar-refractivity contribution in [1.29, 1.82) is 0 Å². The topological polar surface area (TPSA) is 27.7 Å². The van der Waals surface area contributed by atoms with Crippen molar-refractivity contribution in [3.05, 3.63) is 76.6 Å². The van der Waals surface area contributed by atoms with E-state index < -0.39 is 45.1 Å². The molecule has 3 rings (SSSR count). The Bertz CT molecular complexity index is 1110. The summed E-state index contributed by atoms with van der Waals surface area (Å²) in [6.45, 7) is 4.13. The van der Waals surface area contributed by atoms with Gasteiger partial charge in [-0.2, -0.15) is 17.6 Å². The Labute approximate surface area is 221 Å². The molecule has 0 radical (unpaired) electrons. The van der Waals surface area contributed by atoms with Crippen molar-refractivity contribution >= 4 is 23.2 Å². The van der Waals surface area contributed by atoms with Gasteiger partial charge in [-0.05, 0) is 62.1 Å². The fraction of sp³-hybridized carbons (Fsp3) is 0.462. The average molecular weight is 571 g/mol. The molecule has 1 aliphatic rings. The van der Waals surface area contributed by atoms with Gasteiger partial charge in [-0.15, -0.1) is 0 Å². The maximum atomic E-state index is 14.7. The summed E-state index contributed by atoms with van der Waals surface area (Å²) in [6, 6.07) is 5.67. The first-order valence-corrected chi connectivity index (χ1v) is 12.5. The number of halogens is 8. The SMILES string of the molecule is CCCC(Cl)(Cl)c1ccc(OC(F)(F)c2ccc(C(F)(F)OC3=CCC(OCC)CC3)c(F)c2F)cc1. The van der Waals surface area contributed by atoms with E-state index in [9.17, 15) is 26.3 Å². The smallest absolute Gasteiger partial charge is 0.429 e. The number of alkyl halides is 6. The molecule has 37 heavy (non-hydrogen) atoms. The molecular formula is C26H26Cl2F6O3. The van der Waals surface area contributed by atoms with Crippen molar-refractivity contribution < 1.29 is 40.6 Å². The van der Waals surface area contributed by atoms with Crippen LogP contribution in [0, 0.1) is 11.6 Å². The third kappa shape index (κ3) is 7.06. The van der Waals surface area contributed by atoms with Gasteiger partial charge in [0.05, 0.1) is 11.9 Å². The van der Waals surface area contributed by atoms with E-state index in [2.05, 4.69) is 9.47 Å². The zero-order valence-electron chi connectivity index (χ0n) is 20.1. The van der Waals surface area contributed by atoms with Gasteiger partial charge in [0, 0.05) is 13.0 Å². The van der Waals surface area contributed by atoms with Crippen LogP contribution in [0.3, 0.4) is 0 Å². The Morgan fingerprint density at radius 3 is 1.92 bits per heavy atom. The minimum Gasteiger partial charge on any atom is -0.434 e. The van der Waals surface area contributed by atoms with Gasteiger partial charge in [0.1, 0.15) is 21.2 Å². The lowest BCUT2D eigenvalue weighted by Gasteiger charge is -2.26. The molecule has 11 heteroatoms. The van der Waals surface area contributed by atoms with E-state index in [1.807, 2.05) is 6.92 Å². The fourth-order valence-corrected chi connectivity index (χ4v) is 4.54. The normalized spacial score (nSPS) is 16.9. The highest BCUT2D eigenvalue weighted by Gasteiger charge is 2.44. The molecular weight excluding hydrogens is 545 g/mol. The largest absolute Gasteiger partial charge is 0.434 e. The number of ether oxygens (including phenoxy) is 3. The Kier molecular flexibility index (Phi) is 9.35. The van der Waals surface area contributed by atoms with Crippen LogP contribution in [-0.2, 0) is 26.0 Å². The summed E-state index contributed by atoms with van der Waals surface area (Å²) < 4.78 is 101. The molecule has 0 spiro atoms. The molecule has 1 aliphatic carbocycles. The quantitative estimate of drug-likeness (QED) is 0.199. The maximum absolute atomic E-state index is 14.7. The van der Waals surface area contributed by atoms with Gasteiger partial charge in [0.2, 0.25) is 0 Å². The van der Waals surface area contributed by atoms with E-state index in [0.29, 0.717) is 50.0 Å².